The molecule has 0 unspecified atom stereocenters. The molecular formula is C29H31N3O7. The van der Waals surface area contributed by atoms with Gasteiger partial charge >= 0.3 is 12.1 Å². The Morgan fingerprint density at radius 1 is 0.974 bits per heavy atom. The third-order valence-electron chi connectivity index (χ3n) is 5.73. The fourth-order valence-corrected chi connectivity index (χ4v) is 3.91. The van der Waals surface area contributed by atoms with Gasteiger partial charge in [-0.05, 0) is 36.8 Å². The molecule has 1 aromatic heterocycles. The number of methoxy groups -OCH3 is 1. The normalized spacial score (nSPS) is 10.7. The first-order valence-electron chi connectivity index (χ1n) is 12.4. The molecule has 0 saturated carbocycles. The number of anilines is 1. The van der Waals surface area contributed by atoms with Crippen molar-refractivity contribution < 1.29 is 33.3 Å². The molecule has 0 radical (unpaired) electrons. The average molecular weight is 534 g/mol. The third kappa shape index (κ3) is 6.99. The lowest BCUT2D eigenvalue weighted by molar-refractivity contribution is 0.0438. The van der Waals surface area contributed by atoms with E-state index in [1.54, 1.807) is 31.3 Å². The maximum Gasteiger partial charge on any atom is 0.407 e. The summed E-state index contributed by atoms with van der Waals surface area (Å²) in [4.78, 5) is 24.3. The SMILES string of the molecule is CCOC(=O)c1ccc(-n2cc(N)c3ccc(OCCNC(=O)OCc4ccccc4)cc32)cc1OCOC. The van der Waals surface area contributed by atoms with Crippen LogP contribution in [0.2, 0.25) is 0 Å². The van der Waals surface area contributed by atoms with Crippen LogP contribution >= 0.6 is 0 Å². The molecule has 10 nitrogen and oxygen atoms in total. The number of esters is 1. The number of ether oxygens (including phenoxy) is 5. The lowest BCUT2D eigenvalue weighted by Gasteiger charge is -2.14. The number of hydrogen-bond donors (Lipinski definition) is 2. The topological polar surface area (TPSA) is 123 Å². The van der Waals surface area contributed by atoms with Crippen LogP contribution in [0.1, 0.15) is 22.8 Å². The Kier molecular flexibility index (Phi) is 9.25. The second kappa shape index (κ2) is 13.2. The zero-order valence-corrected chi connectivity index (χ0v) is 21.8. The zero-order valence-electron chi connectivity index (χ0n) is 21.8. The van der Waals surface area contributed by atoms with E-state index in [1.165, 1.54) is 7.11 Å². The van der Waals surface area contributed by atoms with Gasteiger partial charge in [0.15, 0.2) is 6.79 Å². The maximum atomic E-state index is 12.4. The summed E-state index contributed by atoms with van der Waals surface area (Å²) in [6, 6.07) is 20.1. The molecule has 1 amide bonds. The molecule has 39 heavy (non-hydrogen) atoms. The molecule has 4 rings (SSSR count). The molecule has 0 spiro atoms. The molecule has 1 heterocycles. The summed E-state index contributed by atoms with van der Waals surface area (Å²) in [5, 5.41) is 3.51. The van der Waals surface area contributed by atoms with Crippen LogP contribution in [0, 0.1) is 0 Å². The van der Waals surface area contributed by atoms with Crippen LogP contribution in [0.4, 0.5) is 10.5 Å². The average Bonchev–Trinajstić information content (AvgIpc) is 3.29. The van der Waals surface area contributed by atoms with E-state index in [1.807, 2.05) is 53.1 Å². The molecule has 0 atom stereocenters. The highest BCUT2D eigenvalue weighted by atomic mass is 16.7. The first kappa shape index (κ1) is 27.3. The number of hydrogen-bond acceptors (Lipinski definition) is 8. The molecular weight excluding hydrogens is 502 g/mol. The number of fused-ring (bicyclic) bond motifs is 1. The Balaban J connectivity index is 1.44. The monoisotopic (exact) mass is 533 g/mol. The van der Waals surface area contributed by atoms with Gasteiger partial charge in [0.05, 0.1) is 24.4 Å². The number of benzene rings is 3. The number of alkyl carbamates (subject to hydrolysis) is 1. The summed E-state index contributed by atoms with van der Waals surface area (Å²) in [7, 11) is 1.50. The Morgan fingerprint density at radius 2 is 1.79 bits per heavy atom. The summed E-state index contributed by atoms with van der Waals surface area (Å²) in [6.45, 7) is 2.66. The van der Waals surface area contributed by atoms with Crippen molar-refractivity contribution in [1.29, 1.82) is 0 Å². The minimum Gasteiger partial charge on any atom is -0.492 e. The van der Waals surface area contributed by atoms with E-state index in [4.69, 9.17) is 29.4 Å². The minimum absolute atomic E-state index is 0.0315. The van der Waals surface area contributed by atoms with Crippen LogP contribution in [0.25, 0.3) is 16.6 Å². The molecule has 10 heteroatoms. The van der Waals surface area contributed by atoms with E-state index in [9.17, 15) is 9.59 Å². The number of rotatable bonds is 12. The Hall–Kier alpha value is -4.70. The number of nitrogens with one attached hydrogen (secondary N) is 1. The van der Waals surface area contributed by atoms with Crippen molar-refractivity contribution in [3.05, 3.63) is 84.1 Å². The van der Waals surface area contributed by atoms with Crippen molar-refractivity contribution in [2.45, 2.75) is 13.5 Å². The lowest BCUT2D eigenvalue weighted by Crippen LogP contribution is -2.28. The molecule has 4 aromatic rings. The molecule has 0 saturated heterocycles. The molecule has 3 N–H and O–H groups in total. The third-order valence-corrected chi connectivity index (χ3v) is 5.73. The number of nitrogens with two attached hydrogens (primary N) is 1. The summed E-state index contributed by atoms with van der Waals surface area (Å²) >= 11 is 0. The summed E-state index contributed by atoms with van der Waals surface area (Å²) in [5.74, 6) is 0.437. The van der Waals surface area contributed by atoms with Crippen LogP contribution in [-0.4, -0.2) is 50.3 Å². The van der Waals surface area contributed by atoms with Gasteiger partial charge in [-0.15, -0.1) is 0 Å². The van der Waals surface area contributed by atoms with Gasteiger partial charge in [0.2, 0.25) is 0 Å². The van der Waals surface area contributed by atoms with Gasteiger partial charge in [-0.25, -0.2) is 9.59 Å². The van der Waals surface area contributed by atoms with Crippen LogP contribution in [-0.2, 0) is 20.8 Å². The molecule has 0 bridgehead atoms. The van der Waals surface area contributed by atoms with Gasteiger partial charge in [0.1, 0.15) is 30.3 Å². The van der Waals surface area contributed by atoms with Gasteiger partial charge in [-0.3, -0.25) is 0 Å². The minimum atomic E-state index is -0.516. The fraction of sp³-hybridized carbons (Fsp3) is 0.241. The van der Waals surface area contributed by atoms with Gasteiger partial charge in [0.25, 0.3) is 0 Å². The quantitative estimate of drug-likeness (QED) is 0.153. The highest BCUT2D eigenvalue weighted by Gasteiger charge is 2.17. The number of amides is 1. The number of aromatic nitrogens is 1. The first-order chi connectivity index (χ1) is 19.0. The van der Waals surface area contributed by atoms with Crippen molar-refractivity contribution >= 4 is 28.7 Å². The van der Waals surface area contributed by atoms with Crippen LogP contribution < -0.4 is 20.5 Å². The van der Waals surface area contributed by atoms with Crippen LogP contribution in [0.5, 0.6) is 11.5 Å². The van der Waals surface area contributed by atoms with Crippen molar-refractivity contribution in [1.82, 2.24) is 9.88 Å². The number of carbonyl (C=O) groups excluding carboxylic acids is 2. The Labute approximate surface area is 226 Å². The highest BCUT2D eigenvalue weighted by molar-refractivity contribution is 5.95. The van der Waals surface area contributed by atoms with Crippen molar-refractivity contribution in [2.24, 2.45) is 0 Å². The lowest BCUT2D eigenvalue weighted by atomic mass is 10.1. The molecule has 0 fully saturated rings. The Morgan fingerprint density at radius 3 is 2.56 bits per heavy atom. The predicted octanol–water partition coefficient (Wildman–Crippen LogP) is 4.68. The molecule has 204 valence electrons. The second-order valence-corrected chi connectivity index (χ2v) is 8.42. The van der Waals surface area contributed by atoms with E-state index in [0.29, 0.717) is 22.7 Å². The van der Waals surface area contributed by atoms with E-state index in [-0.39, 0.29) is 33.2 Å². The van der Waals surface area contributed by atoms with E-state index >= 15 is 0 Å². The van der Waals surface area contributed by atoms with Crippen molar-refractivity contribution in [3.63, 3.8) is 0 Å². The summed E-state index contributed by atoms with van der Waals surface area (Å²) < 4.78 is 28.8. The highest BCUT2D eigenvalue weighted by Crippen LogP contribution is 2.32. The van der Waals surface area contributed by atoms with E-state index in [0.717, 1.165) is 22.2 Å². The fourth-order valence-electron chi connectivity index (χ4n) is 3.91. The molecule has 0 aliphatic carbocycles. The van der Waals surface area contributed by atoms with Gasteiger partial charge in [0, 0.05) is 36.5 Å². The maximum absolute atomic E-state index is 12.4. The van der Waals surface area contributed by atoms with Gasteiger partial charge in [-0.2, -0.15) is 0 Å². The molecule has 0 aliphatic heterocycles. The molecule has 3 aromatic carbocycles. The van der Waals surface area contributed by atoms with E-state index < -0.39 is 12.1 Å². The first-order valence-corrected chi connectivity index (χ1v) is 12.4. The number of nitrogens with zero attached hydrogens (tertiary/aromatic N) is 1. The largest absolute Gasteiger partial charge is 0.492 e. The van der Waals surface area contributed by atoms with Crippen LogP contribution in [0.3, 0.4) is 0 Å². The van der Waals surface area contributed by atoms with Gasteiger partial charge < -0.3 is 39.3 Å². The van der Waals surface area contributed by atoms with E-state index in [2.05, 4.69) is 5.32 Å². The summed E-state index contributed by atoms with van der Waals surface area (Å²) in [5.41, 5.74) is 9.57. The zero-order chi connectivity index (χ0) is 27.6. The van der Waals surface area contributed by atoms with Crippen molar-refractivity contribution in [3.8, 4) is 17.2 Å². The standard InChI is InChI=1S/C29H31N3O7/c1-3-36-28(33)24-11-9-21(15-27(24)39-19-35-2)32-17-25(30)23-12-10-22(16-26(23)32)37-14-13-31-29(34)38-18-20-7-5-4-6-8-20/h4-12,15-17H,3,13-14,18-19,30H2,1-2H3,(H,31,34). The predicted molar refractivity (Wildman–Crippen MR) is 146 cm³/mol. The van der Waals surface area contributed by atoms with Crippen molar-refractivity contribution in [2.75, 3.05) is 39.4 Å². The van der Waals surface area contributed by atoms with Gasteiger partial charge in [-0.1, -0.05) is 30.3 Å². The van der Waals surface area contributed by atoms with Crippen LogP contribution in [0.15, 0.2) is 72.9 Å². The Bertz CT molecular complexity index is 1420. The number of nitrogen functional groups attached to an aromatic ring is 1. The molecule has 0 aliphatic rings. The second-order valence-electron chi connectivity index (χ2n) is 8.42. The smallest absolute Gasteiger partial charge is 0.407 e. The number of carbonyl (C=O) groups is 2. The summed E-state index contributed by atoms with van der Waals surface area (Å²) in [6.07, 6.45) is 1.27.